The van der Waals surface area contributed by atoms with E-state index < -0.39 is 11.6 Å². The highest BCUT2D eigenvalue weighted by Crippen LogP contribution is 2.13. The molecule has 2 aromatic carbocycles. The fourth-order valence-electron chi connectivity index (χ4n) is 1.41. The minimum absolute atomic E-state index is 0.437. The van der Waals surface area contributed by atoms with Gasteiger partial charge in [-0.05, 0) is 23.3 Å². The van der Waals surface area contributed by atoms with Crippen LogP contribution in [0.3, 0.4) is 0 Å². The maximum Gasteiger partial charge on any atom is 0.129 e. The van der Waals surface area contributed by atoms with E-state index in [9.17, 15) is 8.78 Å². The molecule has 15 heavy (non-hydrogen) atoms. The Bertz CT molecular complexity index is 449. The fourth-order valence-corrected chi connectivity index (χ4v) is 1.41. The van der Waals surface area contributed by atoms with Gasteiger partial charge in [0, 0.05) is 12.5 Å². The standard InChI is InChI=1S/C13H9F2/c14-12-7-6-11(13(15)9-12)8-10-4-2-1-3-5-10/h1-4,6-7,9H,8H2. The molecule has 0 unspecified atom stereocenters. The number of benzene rings is 2. The lowest BCUT2D eigenvalue weighted by Gasteiger charge is -2.02. The van der Waals surface area contributed by atoms with Gasteiger partial charge in [-0.25, -0.2) is 8.78 Å². The third-order valence-electron chi connectivity index (χ3n) is 2.17. The van der Waals surface area contributed by atoms with E-state index in [2.05, 4.69) is 6.07 Å². The van der Waals surface area contributed by atoms with E-state index in [4.69, 9.17) is 0 Å². The molecule has 0 saturated heterocycles. The monoisotopic (exact) mass is 203 g/mol. The Morgan fingerprint density at radius 3 is 2.60 bits per heavy atom. The van der Waals surface area contributed by atoms with Gasteiger partial charge in [-0.3, -0.25) is 0 Å². The van der Waals surface area contributed by atoms with E-state index in [1.165, 1.54) is 12.1 Å². The first-order valence-corrected chi connectivity index (χ1v) is 4.65. The van der Waals surface area contributed by atoms with E-state index >= 15 is 0 Å². The molecule has 0 bridgehead atoms. The second-order valence-corrected chi connectivity index (χ2v) is 3.30. The molecule has 2 rings (SSSR count). The quantitative estimate of drug-likeness (QED) is 0.702. The molecule has 0 heterocycles. The predicted molar refractivity (Wildman–Crippen MR) is 54.4 cm³/mol. The normalized spacial score (nSPS) is 10.3. The van der Waals surface area contributed by atoms with Gasteiger partial charge in [0.25, 0.3) is 0 Å². The molecule has 0 atom stereocenters. The van der Waals surface area contributed by atoms with E-state index in [1.54, 1.807) is 6.07 Å². The number of hydrogen-bond donors (Lipinski definition) is 0. The molecule has 75 valence electrons. The first kappa shape index (κ1) is 9.84. The topological polar surface area (TPSA) is 0 Å². The van der Waals surface area contributed by atoms with E-state index in [0.29, 0.717) is 12.0 Å². The summed E-state index contributed by atoms with van der Waals surface area (Å²) in [6.45, 7) is 0. The van der Waals surface area contributed by atoms with Crippen molar-refractivity contribution in [1.29, 1.82) is 0 Å². The Kier molecular flexibility index (Phi) is 2.77. The lowest BCUT2D eigenvalue weighted by molar-refractivity contribution is 0.574. The van der Waals surface area contributed by atoms with Gasteiger partial charge in [-0.15, -0.1) is 0 Å². The first-order valence-electron chi connectivity index (χ1n) is 4.65. The Labute approximate surface area is 87.2 Å². The average Bonchev–Trinajstić information content (AvgIpc) is 2.24. The highest BCUT2D eigenvalue weighted by Gasteiger charge is 2.04. The van der Waals surface area contributed by atoms with Crippen molar-refractivity contribution in [3.8, 4) is 0 Å². The second-order valence-electron chi connectivity index (χ2n) is 3.30. The molecule has 0 saturated carbocycles. The van der Waals surface area contributed by atoms with Gasteiger partial charge < -0.3 is 0 Å². The molecule has 0 aliphatic heterocycles. The zero-order chi connectivity index (χ0) is 10.7. The fraction of sp³-hybridized carbons (Fsp3) is 0.0769. The number of halogens is 2. The van der Waals surface area contributed by atoms with E-state index in [1.807, 2.05) is 18.2 Å². The van der Waals surface area contributed by atoms with Crippen LogP contribution >= 0.6 is 0 Å². The zero-order valence-electron chi connectivity index (χ0n) is 8.00. The van der Waals surface area contributed by atoms with Crippen molar-refractivity contribution < 1.29 is 8.78 Å². The summed E-state index contributed by atoms with van der Waals surface area (Å²) in [4.78, 5) is 0. The SMILES string of the molecule is Fc1ccc(Cc2[c]cccc2)c(F)c1. The molecule has 2 heteroatoms. The lowest BCUT2D eigenvalue weighted by atomic mass is 10.0. The summed E-state index contributed by atoms with van der Waals surface area (Å²) < 4.78 is 25.9. The number of hydrogen-bond acceptors (Lipinski definition) is 0. The Hall–Kier alpha value is -1.70. The summed E-state index contributed by atoms with van der Waals surface area (Å²) in [5.41, 5.74) is 1.38. The van der Waals surface area contributed by atoms with Crippen molar-refractivity contribution in [2.45, 2.75) is 6.42 Å². The Morgan fingerprint density at radius 2 is 1.93 bits per heavy atom. The highest BCUT2D eigenvalue weighted by atomic mass is 19.1. The van der Waals surface area contributed by atoms with Crippen molar-refractivity contribution in [2.24, 2.45) is 0 Å². The molecule has 2 aromatic rings. The average molecular weight is 203 g/mol. The third kappa shape index (κ3) is 2.40. The summed E-state index contributed by atoms with van der Waals surface area (Å²) in [6, 6.07) is 14.0. The summed E-state index contributed by atoms with van der Waals surface area (Å²) in [7, 11) is 0. The van der Waals surface area contributed by atoms with E-state index in [0.717, 1.165) is 11.6 Å². The van der Waals surface area contributed by atoms with Crippen molar-refractivity contribution in [2.75, 3.05) is 0 Å². The predicted octanol–water partition coefficient (Wildman–Crippen LogP) is 3.36. The zero-order valence-corrected chi connectivity index (χ0v) is 8.00. The van der Waals surface area contributed by atoms with Crippen LogP contribution in [0.15, 0.2) is 42.5 Å². The molecule has 0 aromatic heterocycles. The molecule has 0 amide bonds. The molecule has 0 spiro atoms. The van der Waals surface area contributed by atoms with Gasteiger partial charge in [-0.1, -0.05) is 30.3 Å². The minimum Gasteiger partial charge on any atom is -0.207 e. The van der Waals surface area contributed by atoms with Crippen LogP contribution in [0.1, 0.15) is 11.1 Å². The van der Waals surface area contributed by atoms with Gasteiger partial charge in [0.05, 0.1) is 0 Å². The molecule has 0 N–H and O–H groups in total. The third-order valence-corrected chi connectivity index (χ3v) is 2.17. The molecular formula is C13H9F2. The molecular weight excluding hydrogens is 194 g/mol. The molecule has 0 aliphatic rings. The van der Waals surface area contributed by atoms with Gasteiger partial charge in [0.1, 0.15) is 11.6 Å². The van der Waals surface area contributed by atoms with Crippen molar-refractivity contribution in [3.05, 3.63) is 71.3 Å². The lowest BCUT2D eigenvalue weighted by Crippen LogP contribution is -1.93. The Balaban J connectivity index is 2.25. The van der Waals surface area contributed by atoms with Gasteiger partial charge in [-0.2, -0.15) is 0 Å². The number of rotatable bonds is 2. The van der Waals surface area contributed by atoms with E-state index in [-0.39, 0.29) is 0 Å². The maximum atomic E-state index is 13.3. The Morgan fingerprint density at radius 1 is 1.07 bits per heavy atom. The summed E-state index contributed by atoms with van der Waals surface area (Å²) >= 11 is 0. The maximum absolute atomic E-state index is 13.3. The van der Waals surface area contributed by atoms with Gasteiger partial charge in [0.2, 0.25) is 0 Å². The van der Waals surface area contributed by atoms with Crippen LogP contribution in [0.5, 0.6) is 0 Å². The van der Waals surface area contributed by atoms with Crippen molar-refractivity contribution in [3.63, 3.8) is 0 Å². The van der Waals surface area contributed by atoms with Gasteiger partial charge in [0.15, 0.2) is 0 Å². The van der Waals surface area contributed by atoms with Crippen molar-refractivity contribution in [1.82, 2.24) is 0 Å². The summed E-state index contributed by atoms with van der Waals surface area (Å²) in [6.07, 6.45) is 0.437. The van der Waals surface area contributed by atoms with Crippen LogP contribution in [-0.4, -0.2) is 0 Å². The first-order chi connectivity index (χ1) is 7.25. The highest BCUT2D eigenvalue weighted by molar-refractivity contribution is 5.26. The molecule has 0 nitrogen and oxygen atoms in total. The van der Waals surface area contributed by atoms with Crippen LogP contribution in [0.25, 0.3) is 0 Å². The van der Waals surface area contributed by atoms with Crippen LogP contribution in [0, 0.1) is 17.7 Å². The molecule has 1 radical (unpaired) electrons. The van der Waals surface area contributed by atoms with Gasteiger partial charge >= 0.3 is 0 Å². The van der Waals surface area contributed by atoms with Crippen LogP contribution in [0.2, 0.25) is 0 Å². The molecule has 0 aliphatic carbocycles. The van der Waals surface area contributed by atoms with Crippen LogP contribution in [-0.2, 0) is 6.42 Å². The smallest absolute Gasteiger partial charge is 0.129 e. The minimum atomic E-state index is -0.548. The largest absolute Gasteiger partial charge is 0.207 e. The summed E-state index contributed by atoms with van der Waals surface area (Å²) in [5, 5.41) is 0. The van der Waals surface area contributed by atoms with Crippen LogP contribution < -0.4 is 0 Å². The van der Waals surface area contributed by atoms with Crippen LogP contribution in [0.4, 0.5) is 8.78 Å². The van der Waals surface area contributed by atoms with Crippen molar-refractivity contribution >= 4 is 0 Å². The summed E-state index contributed by atoms with van der Waals surface area (Å²) in [5.74, 6) is -1.06. The second kappa shape index (κ2) is 4.22. The molecule has 0 fully saturated rings.